The molecule has 0 amide bonds. The second-order valence-electron chi connectivity index (χ2n) is 18.3. The summed E-state index contributed by atoms with van der Waals surface area (Å²) in [4.78, 5) is 51.5. The van der Waals surface area contributed by atoms with Gasteiger partial charge in [0.2, 0.25) is 0 Å². The molecule has 0 radical (unpaired) electrons. The van der Waals surface area contributed by atoms with E-state index in [-0.39, 0.29) is 24.5 Å². The lowest BCUT2D eigenvalue weighted by Gasteiger charge is -2.21. The molecular weight excluding hydrogens is 691 g/mol. The molecule has 0 rings (SSSR count). The Bertz CT molecular complexity index is 976. The number of hydrogen-bond donors (Lipinski definition) is 0. The van der Waals surface area contributed by atoms with E-state index in [0.717, 1.165) is 122 Å². The smallest absolute Gasteiger partial charge is 0.313 e. The third-order valence-electron chi connectivity index (χ3n) is 11.1. The van der Waals surface area contributed by atoms with Crippen LogP contribution in [0.4, 0.5) is 0 Å². The minimum absolute atomic E-state index is 0.0656. The lowest BCUT2D eigenvalue weighted by Crippen LogP contribution is -2.20. The second-order valence-corrected chi connectivity index (χ2v) is 18.3. The highest BCUT2D eigenvalue weighted by Crippen LogP contribution is 2.26. The molecule has 8 nitrogen and oxygen atoms in total. The first kappa shape index (κ1) is 53.0. The van der Waals surface area contributed by atoms with Crippen molar-refractivity contribution in [3.8, 4) is 0 Å². The van der Waals surface area contributed by atoms with E-state index in [1.807, 2.05) is 14.1 Å². The first-order valence-corrected chi connectivity index (χ1v) is 22.8. The van der Waals surface area contributed by atoms with Crippen LogP contribution in [0.1, 0.15) is 209 Å². The molecule has 8 heteroatoms. The van der Waals surface area contributed by atoms with Gasteiger partial charge in [0, 0.05) is 25.7 Å². The molecule has 0 aliphatic carbocycles. The van der Waals surface area contributed by atoms with Gasteiger partial charge >= 0.3 is 23.9 Å². The Balaban J connectivity index is 4.34. The molecule has 0 aliphatic heterocycles. The van der Waals surface area contributed by atoms with Crippen LogP contribution in [0.25, 0.3) is 0 Å². The number of carbonyl (C=O) groups excluding carboxylic acids is 4. The van der Waals surface area contributed by atoms with Gasteiger partial charge < -0.3 is 19.1 Å². The normalized spacial score (nSPS) is 13.5. The molecule has 0 heterocycles. The van der Waals surface area contributed by atoms with Crippen LogP contribution in [0.3, 0.4) is 0 Å². The van der Waals surface area contributed by atoms with Crippen LogP contribution in [0.15, 0.2) is 0 Å². The third-order valence-corrected chi connectivity index (χ3v) is 11.1. The van der Waals surface area contributed by atoms with Gasteiger partial charge in [-0.2, -0.15) is 0 Å². The minimum atomic E-state index is -0.410. The number of ether oxygens (including phenoxy) is 3. The second kappa shape index (κ2) is 34.1. The summed E-state index contributed by atoms with van der Waals surface area (Å²) in [6, 6.07) is 0. The van der Waals surface area contributed by atoms with Crippen LogP contribution >= 0.6 is 0 Å². The van der Waals surface area contributed by atoms with E-state index in [1.165, 1.54) is 12.8 Å². The quantitative estimate of drug-likeness (QED) is 0.0268. The average molecular weight is 780 g/mol. The molecule has 55 heavy (non-hydrogen) atoms. The first-order chi connectivity index (χ1) is 26.1. The lowest BCUT2D eigenvalue weighted by atomic mass is 9.85. The van der Waals surface area contributed by atoms with Crippen molar-refractivity contribution in [2.24, 2.45) is 35.5 Å². The maximum Gasteiger partial charge on any atom is 0.313 e. The lowest BCUT2D eigenvalue weighted by molar-refractivity contribution is -0.160. The summed E-state index contributed by atoms with van der Waals surface area (Å²) in [6.45, 7) is 19.4. The molecule has 3 unspecified atom stereocenters. The van der Waals surface area contributed by atoms with Crippen molar-refractivity contribution in [2.45, 2.75) is 216 Å². The maximum atomic E-state index is 12.6. The molecule has 0 aromatic rings. The standard InChI is InChI=1S/C47H89NO7/c1-37(2)29-31-41(39(5)6)23-22-36-53-44(49)26-19-15-11-13-17-24-43(54-45(50)28-21-35-48(9)10)25-18-14-12-16-20-27-46(51)55-47(52)34-33-42(40(7)8)32-30-38(3)4/h37-43H,11-36H2,1-10H3. The first-order valence-electron chi connectivity index (χ1n) is 22.8. The van der Waals surface area contributed by atoms with E-state index in [9.17, 15) is 19.2 Å². The van der Waals surface area contributed by atoms with Gasteiger partial charge in [-0.15, -0.1) is 0 Å². The predicted octanol–water partition coefficient (Wildman–Crippen LogP) is 12.3. The highest BCUT2D eigenvalue weighted by molar-refractivity contribution is 5.85. The van der Waals surface area contributed by atoms with Crippen molar-refractivity contribution in [1.29, 1.82) is 0 Å². The van der Waals surface area contributed by atoms with Crippen molar-refractivity contribution < 1.29 is 33.4 Å². The Morgan fingerprint density at radius 3 is 1.40 bits per heavy atom. The molecule has 0 N–H and O–H groups in total. The zero-order valence-electron chi connectivity index (χ0n) is 37.7. The highest BCUT2D eigenvalue weighted by Gasteiger charge is 2.19. The van der Waals surface area contributed by atoms with Gasteiger partial charge in [-0.3, -0.25) is 19.2 Å². The van der Waals surface area contributed by atoms with E-state index in [4.69, 9.17) is 14.2 Å². The van der Waals surface area contributed by atoms with Crippen LogP contribution in [-0.2, 0) is 33.4 Å². The number of unbranched alkanes of at least 4 members (excludes halogenated alkanes) is 8. The Morgan fingerprint density at radius 1 is 0.436 bits per heavy atom. The number of nitrogens with zero attached hydrogens (tertiary/aromatic N) is 1. The number of esters is 4. The fraction of sp³-hybridized carbons (Fsp3) is 0.915. The Hall–Kier alpha value is -1.96. The molecule has 0 saturated heterocycles. The Labute approximate surface area is 339 Å². The van der Waals surface area contributed by atoms with Crippen LogP contribution < -0.4 is 0 Å². The topological polar surface area (TPSA) is 99.2 Å². The molecule has 324 valence electrons. The SMILES string of the molecule is CC(C)CCC(CCCOC(=O)CCCCCCCC(CCCCCCCC(=O)OC(=O)CCC(CCC(C)C)C(C)C)OC(=O)CCCN(C)C)C(C)C. The molecule has 0 aromatic carbocycles. The maximum absolute atomic E-state index is 12.6. The minimum Gasteiger partial charge on any atom is -0.466 e. The number of carbonyl (C=O) groups is 4. The van der Waals surface area contributed by atoms with Crippen molar-refractivity contribution in [3.05, 3.63) is 0 Å². The zero-order valence-corrected chi connectivity index (χ0v) is 37.7. The van der Waals surface area contributed by atoms with E-state index in [1.54, 1.807) is 0 Å². The summed E-state index contributed by atoms with van der Waals surface area (Å²) >= 11 is 0. The van der Waals surface area contributed by atoms with Crippen LogP contribution in [0.5, 0.6) is 0 Å². The number of rotatable bonds is 36. The summed E-state index contributed by atoms with van der Waals surface area (Å²) in [5.41, 5.74) is 0. The van der Waals surface area contributed by atoms with Gasteiger partial charge in [0.05, 0.1) is 6.61 Å². The van der Waals surface area contributed by atoms with Crippen molar-refractivity contribution in [1.82, 2.24) is 4.90 Å². The van der Waals surface area contributed by atoms with Crippen molar-refractivity contribution in [2.75, 3.05) is 27.2 Å². The summed E-state index contributed by atoms with van der Waals surface area (Å²) < 4.78 is 16.6. The van der Waals surface area contributed by atoms with Gasteiger partial charge in [-0.1, -0.05) is 107 Å². The Kier molecular flexibility index (Phi) is 32.9. The third kappa shape index (κ3) is 33.9. The zero-order chi connectivity index (χ0) is 41.4. The van der Waals surface area contributed by atoms with Gasteiger partial charge in [-0.25, -0.2) is 0 Å². The van der Waals surface area contributed by atoms with Gasteiger partial charge in [0.15, 0.2) is 0 Å². The van der Waals surface area contributed by atoms with E-state index in [0.29, 0.717) is 61.9 Å². The number of hydrogen-bond acceptors (Lipinski definition) is 8. The van der Waals surface area contributed by atoms with Gasteiger partial charge in [-0.05, 0) is 133 Å². The summed E-state index contributed by atoms with van der Waals surface area (Å²) in [5.74, 6) is 2.77. The van der Waals surface area contributed by atoms with Crippen LogP contribution in [0.2, 0.25) is 0 Å². The molecule has 0 aromatic heterocycles. The fourth-order valence-corrected chi connectivity index (χ4v) is 7.24. The average Bonchev–Trinajstić information content (AvgIpc) is 3.09. The van der Waals surface area contributed by atoms with E-state index < -0.39 is 11.9 Å². The molecule has 0 saturated carbocycles. The molecule has 0 aliphatic rings. The Morgan fingerprint density at radius 2 is 0.891 bits per heavy atom. The van der Waals surface area contributed by atoms with Crippen molar-refractivity contribution >= 4 is 23.9 Å². The van der Waals surface area contributed by atoms with Crippen LogP contribution in [-0.4, -0.2) is 62.1 Å². The molecule has 0 spiro atoms. The van der Waals surface area contributed by atoms with Crippen LogP contribution in [0, 0.1) is 35.5 Å². The largest absolute Gasteiger partial charge is 0.466 e. The molecule has 0 fully saturated rings. The van der Waals surface area contributed by atoms with Crippen molar-refractivity contribution in [3.63, 3.8) is 0 Å². The summed E-state index contributed by atoms with van der Waals surface area (Å²) in [7, 11) is 4.02. The van der Waals surface area contributed by atoms with Gasteiger partial charge in [0.25, 0.3) is 0 Å². The predicted molar refractivity (Wildman–Crippen MR) is 228 cm³/mol. The summed E-state index contributed by atoms with van der Waals surface area (Å²) in [6.07, 6.45) is 21.2. The molecule has 0 bridgehead atoms. The monoisotopic (exact) mass is 780 g/mol. The highest BCUT2D eigenvalue weighted by atomic mass is 16.6. The summed E-state index contributed by atoms with van der Waals surface area (Å²) in [5, 5.41) is 0. The molecular formula is C47H89NO7. The molecule has 3 atom stereocenters. The fourth-order valence-electron chi connectivity index (χ4n) is 7.24. The van der Waals surface area contributed by atoms with E-state index >= 15 is 0 Å². The van der Waals surface area contributed by atoms with Gasteiger partial charge in [0.1, 0.15) is 6.10 Å². The van der Waals surface area contributed by atoms with E-state index in [2.05, 4.69) is 60.3 Å².